The highest BCUT2D eigenvalue weighted by Crippen LogP contribution is 2.32. The molecular formula is C10H12ClNO2. The molecule has 1 rings (SSSR count). The SMILES string of the molecule is CC(C)(C)c1cc(Cl)ccc1[N+](=O)[O-]. The number of benzene rings is 1. The van der Waals surface area contributed by atoms with E-state index in [1.165, 1.54) is 12.1 Å². The Balaban J connectivity index is 3.38. The average Bonchev–Trinajstić information content (AvgIpc) is 2.01. The van der Waals surface area contributed by atoms with Gasteiger partial charge in [0.25, 0.3) is 5.69 Å². The second-order valence-electron chi connectivity index (χ2n) is 4.17. The molecule has 1 aromatic rings. The summed E-state index contributed by atoms with van der Waals surface area (Å²) >= 11 is 5.80. The third-order valence-corrected chi connectivity index (χ3v) is 2.20. The standard InChI is InChI=1S/C10H12ClNO2/c1-10(2,3)8-6-7(11)4-5-9(8)12(13)14/h4-6H,1-3H3. The lowest BCUT2D eigenvalue weighted by Crippen LogP contribution is -2.13. The summed E-state index contributed by atoms with van der Waals surface area (Å²) in [6.45, 7) is 5.77. The van der Waals surface area contributed by atoms with Crippen LogP contribution in [-0.2, 0) is 5.41 Å². The van der Waals surface area contributed by atoms with Crippen molar-refractivity contribution in [1.82, 2.24) is 0 Å². The smallest absolute Gasteiger partial charge is 0.258 e. The topological polar surface area (TPSA) is 43.1 Å². The highest BCUT2D eigenvalue weighted by molar-refractivity contribution is 6.30. The fourth-order valence-corrected chi connectivity index (χ4v) is 1.44. The third-order valence-electron chi connectivity index (χ3n) is 1.96. The molecule has 0 radical (unpaired) electrons. The van der Waals surface area contributed by atoms with Gasteiger partial charge in [0, 0.05) is 16.7 Å². The van der Waals surface area contributed by atoms with Gasteiger partial charge in [-0.3, -0.25) is 10.1 Å². The molecule has 0 amide bonds. The molecule has 4 heteroatoms. The molecule has 76 valence electrons. The molecule has 0 aromatic heterocycles. The fourth-order valence-electron chi connectivity index (χ4n) is 1.27. The molecule has 0 aliphatic heterocycles. The van der Waals surface area contributed by atoms with Gasteiger partial charge in [0.1, 0.15) is 0 Å². The van der Waals surface area contributed by atoms with Gasteiger partial charge in [-0.1, -0.05) is 32.4 Å². The molecule has 3 nitrogen and oxygen atoms in total. The Labute approximate surface area is 87.8 Å². The fraction of sp³-hybridized carbons (Fsp3) is 0.400. The summed E-state index contributed by atoms with van der Waals surface area (Å²) < 4.78 is 0. The van der Waals surface area contributed by atoms with E-state index < -0.39 is 0 Å². The quantitative estimate of drug-likeness (QED) is 0.529. The van der Waals surface area contributed by atoms with Crippen LogP contribution in [0.4, 0.5) is 5.69 Å². The first-order chi connectivity index (χ1) is 6.32. The van der Waals surface area contributed by atoms with Crippen LogP contribution >= 0.6 is 11.6 Å². The summed E-state index contributed by atoms with van der Waals surface area (Å²) in [5, 5.41) is 11.3. The first-order valence-electron chi connectivity index (χ1n) is 4.27. The Hall–Kier alpha value is -1.09. The zero-order valence-electron chi connectivity index (χ0n) is 8.37. The van der Waals surface area contributed by atoms with Crippen LogP contribution in [0.5, 0.6) is 0 Å². The molecule has 0 bridgehead atoms. The van der Waals surface area contributed by atoms with Gasteiger partial charge in [-0.2, -0.15) is 0 Å². The molecule has 0 aliphatic rings. The van der Waals surface area contributed by atoms with Crippen LogP contribution < -0.4 is 0 Å². The maximum absolute atomic E-state index is 10.7. The number of hydrogen-bond donors (Lipinski definition) is 0. The van der Waals surface area contributed by atoms with Crippen molar-refractivity contribution in [3.63, 3.8) is 0 Å². The van der Waals surface area contributed by atoms with Gasteiger partial charge in [0.15, 0.2) is 0 Å². The van der Waals surface area contributed by atoms with E-state index in [2.05, 4.69) is 0 Å². The Morgan fingerprint density at radius 2 is 1.93 bits per heavy atom. The van der Waals surface area contributed by atoms with Crippen molar-refractivity contribution in [2.75, 3.05) is 0 Å². The Morgan fingerprint density at radius 1 is 1.36 bits per heavy atom. The largest absolute Gasteiger partial charge is 0.273 e. The van der Waals surface area contributed by atoms with E-state index in [4.69, 9.17) is 11.6 Å². The number of rotatable bonds is 1. The lowest BCUT2D eigenvalue weighted by Gasteiger charge is -2.18. The predicted octanol–water partition coefficient (Wildman–Crippen LogP) is 3.55. The summed E-state index contributed by atoms with van der Waals surface area (Å²) in [6, 6.07) is 4.64. The van der Waals surface area contributed by atoms with Gasteiger partial charge in [-0.15, -0.1) is 0 Å². The van der Waals surface area contributed by atoms with Crippen LogP contribution in [0, 0.1) is 10.1 Å². The van der Waals surface area contributed by atoms with Crippen molar-refractivity contribution in [1.29, 1.82) is 0 Å². The summed E-state index contributed by atoms with van der Waals surface area (Å²) in [7, 11) is 0. The molecule has 0 atom stereocenters. The first-order valence-corrected chi connectivity index (χ1v) is 4.64. The predicted molar refractivity (Wildman–Crippen MR) is 56.8 cm³/mol. The van der Waals surface area contributed by atoms with Crippen LogP contribution in [-0.4, -0.2) is 4.92 Å². The van der Waals surface area contributed by atoms with Crippen molar-refractivity contribution in [2.45, 2.75) is 26.2 Å². The monoisotopic (exact) mass is 213 g/mol. The van der Waals surface area contributed by atoms with Gasteiger partial charge in [0.2, 0.25) is 0 Å². The molecule has 0 aliphatic carbocycles. The molecule has 0 saturated carbocycles. The van der Waals surface area contributed by atoms with E-state index in [1.54, 1.807) is 6.07 Å². The number of nitro benzene ring substituents is 1. The molecular weight excluding hydrogens is 202 g/mol. The van der Waals surface area contributed by atoms with E-state index in [1.807, 2.05) is 20.8 Å². The Kier molecular flexibility index (Phi) is 2.81. The molecule has 0 fully saturated rings. The van der Waals surface area contributed by atoms with Gasteiger partial charge in [-0.05, 0) is 17.5 Å². The van der Waals surface area contributed by atoms with E-state index in [9.17, 15) is 10.1 Å². The second-order valence-corrected chi connectivity index (χ2v) is 4.61. The molecule has 0 N–H and O–H groups in total. The average molecular weight is 214 g/mol. The minimum atomic E-state index is -0.378. The number of nitrogens with zero attached hydrogens (tertiary/aromatic N) is 1. The van der Waals surface area contributed by atoms with Crippen molar-refractivity contribution in [3.8, 4) is 0 Å². The summed E-state index contributed by atoms with van der Waals surface area (Å²) in [4.78, 5) is 10.4. The lowest BCUT2D eigenvalue weighted by atomic mass is 9.86. The van der Waals surface area contributed by atoms with Gasteiger partial charge >= 0.3 is 0 Å². The minimum absolute atomic E-state index is 0.127. The van der Waals surface area contributed by atoms with Crippen LogP contribution in [0.1, 0.15) is 26.3 Å². The molecule has 0 unspecified atom stereocenters. The van der Waals surface area contributed by atoms with E-state index in [0.29, 0.717) is 10.6 Å². The summed E-state index contributed by atoms with van der Waals surface area (Å²) in [5.41, 5.74) is 0.518. The van der Waals surface area contributed by atoms with Gasteiger partial charge in [0.05, 0.1) is 4.92 Å². The molecule has 1 aromatic carbocycles. The van der Waals surface area contributed by atoms with Crippen molar-refractivity contribution in [3.05, 3.63) is 38.9 Å². The van der Waals surface area contributed by atoms with Crippen LogP contribution in [0.25, 0.3) is 0 Å². The Morgan fingerprint density at radius 3 is 2.36 bits per heavy atom. The maximum atomic E-state index is 10.7. The normalized spacial score (nSPS) is 11.4. The molecule has 0 saturated heterocycles. The van der Waals surface area contributed by atoms with Crippen molar-refractivity contribution in [2.24, 2.45) is 0 Å². The minimum Gasteiger partial charge on any atom is -0.258 e. The maximum Gasteiger partial charge on any atom is 0.273 e. The molecule has 0 heterocycles. The van der Waals surface area contributed by atoms with E-state index in [0.717, 1.165) is 0 Å². The van der Waals surface area contributed by atoms with Gasteiger partial charge in [-0.25, -0.2) is 0 Å². The zero-order chi connectivity index (χ0) is 10.9. The third kappa shape index (κ3) is 2.23. The number of halogens is 1. The number of hydrogen-bond acceptors (Lipinski definition) is 2. The number of nitro groups is 1. The Bertz CT molecular complexity index is 369. The van der Waals surface area contributed by atoms with Crippen molar-refractivity contribution < 1.29 is 4.92 Å². The van der Waals surface area contributed by atoms with Crippen LogP contribution in [0.2, 0.25) is 5.02 Å². The summed E-state index contributed by atoms with van der Waals surface area (Å²) in [5.74, 6) is 0. The van der Waals surface area contributed by atoms with Crippen LogP contribution in [0.3, 0.4) is 0 Å². The summed E-state index contributed by atoms with van der Waals surface area (Å²) in [6.07, 6.45) is 0. The highest BCUT2D eigenvalue weighted by Gasteiger charge is 2.24. The van der Waals surface area contributed by atoms with Gasteiger partial charge < -0.3 is 0 Å². The van der Waals surface area contributed by atoms with E-state index >= 15 is 0 Å². The second kappa shape index (κ2) is 3.58. The highest BCUT2D eigenvalue weighted by atomic mass is 35.5. The van der Waals surface area contributed by atoms with E-state index in [-0.39, 0.29) is 16.0 Å². The molecule has 0 spiro atoms. The zero-order valence-corrected chi connectivity index (χ0v) is 9.13. The van der Waals surface area contributed by atoms with Crippen molar-refractivity contribution >= 4 is 17.3 Å². The van der Waals surface area contributed by atoms with Crippen LogP contribution in [0.15, 0.2) is 18.2 Å². The lowest BCUT2D eigenvalue weighted by molar-refractivity contribution is -0.386. The molecule has 14 heavy (non-hydrogen) atoms. The first kappa shape index (κ1) is 11.0.